The minimum atomic E-state index is -1.30. The van der Waals surface area contributed by atoms with Crippen LogP contribution in [0, 0.1) is 5.82 Å². The number of amides is 1. The van der Waals surface area contributed by atoms with Crippen molar-refractivity contribution in [3.63, 3.8) is 0 Å². The van der Waals surface area contributed by atoms with E-state index in [4.69, 9.17) is 21.4 Å². The average molecular weight is 404 g/mol. The minimum Gasteiger partial charge on any atom is -0.505 e. The maximum Gasteiger partial charge on any atom is 0.255 e. The number of hydrogen-bond donors (Lipinski definition) is 4. The van der Waals surface area contributed by atoms with Gasteiger partial charge >= 0.3 is 0 Å². The van der Waals surface area contributed by atoms with Gasteiger partial charge in [0.25, 0.3) is 5.91 Å². The largest absolute Gasteiger partial charge is 0.505 e. The molecule has 29 heavy (non-hydrogen) atoms. The van der Waals surface area contributed by atoms with Crippen LogP contribution >= 0.6 is 11.8 Å². The van der Waals surface area contributed by atoms with E-state index >= 15 is 0 Å². The van der Waals surface area contributed by atoms with Crippen LogP contribution in [-0.4, -0.2) is 38.1 Å². The Kier molecular flexibility index (Phi) is 5.79. The van der Waals surface area contributed by atoms with E-state index in [1.54, 1.807) is 23.9 Å². The van der Waals surface area contributed by atoms with Crippen LogP contribution in [0.25, 0.3) is 11.1 Å². The number of nitrogen functional groups attached to an aromatic ring is 1. The maximum atomic E-state index is 13.8. The van der Waals surface area contributed by atoms with Crippen molar-refractivity contribution in [2.75, 3.05) is 17.3 Å². The third-order valence-electron chi connectivity index (χ3n) is 4.41. The van der Waals surface area contributed by atoms with Gasteiger partial charge in [-0.15, -0.1) is 11.8 Å². The number of thioether (sulfide) groups is 1. The van der Waals surface area contributed by atoms with Crippen molar-refractivity contribution in [1.29, 1.82) is 0 Å². The van der Waals surface area contributed by atoms with E-state index in [9.17, 15) is 19.4 Å². The van der Waals surface area contributed by atoms with Crippen LogP contribution in [0.3, 0.4) is 0 Å². The fraction of sp³-hybridized carbons (Fsp3) is 0.0500. The quantitative estimate of drug-likeness (QED) is 0.304. The second kappa shape index (κ2) is 8.13. The van der Waals surface area contributed by atoms with Crippen LogP contribution in [0.4, 0.5) is 15.8 Å². The van der Waals surface area contributed by atoms with E-state index in [0.717, 1.165) is 4.90 Å². The number of phenolic OH excluding ortho intramolecular Hbond substituents is 2. The van der Waals surface area contributed by atoms with Crippen LogP contribution in [0.5, 0.6) is 11.5 Å². The molecule has 142 valence electrons. The summed E-state index contributed by atoms with van der Waals surface area (Å²) in [6, 6.07) is 11.5. The highest BCUT2D eigenvalue weighted by Crippen LogP contribution is 2.31. The molecule has 0 aliphatic carbocycles. The molecule has 5 N–H and O–H groups in total. The molecule has 0 aromatic heterocycles. The molecule has 3 aromatic carbocycles. The predicted octanol–water partition coefficient (Wildman–Crippen LogP) is 2.05. The van der Waals surface area contributed by atoms with Crippen LogP contribution in [-0.2, 0) is 0 Å². The molecule has 0 aliphatic rings. The summed E-state index contributed by atoms with van der Waals surface area (Å²) in [6.45, 7) is 0. The van der Waals surface area contributed by atoms with Gasteiger partial charge in [-0.05, 0) is 64.7 Å². The minimum absolute atomic E-state index is 0.0289. The Labute approximate surface area is 174 Å². The first-order valence-electron chi connectivity index (χ1n) is 8.38. The smallest absolute Gasteiger partial charge is 0.255 e. The zero-order valence-corrected chi connectivity index (χ0v) is 16.2. The zero-order valence-electron chi connectivity index (χ0n) is 15.4. The number of phenols is 2. The van der Waals surface area contributed by atoms with Gasteiger partial charge in [0.1, 0.15) is 27.2 Å². The first-order chi connectivity index (χ1) is 13.7. The molecule has 0 aliphatic heterocycles. The number of halogens is 1. The van der Waals surface area contributed by atoms with Crippen LogP contribution < -0.4 is 22.0 Å². The number of aromatic hydroxyl groups is 2. The SMILES string of the molecule is [B]c1c(O)c(F)c(O)c([B])c1-c1ccc(N)c(NC(=O)c2ccc(SC)cc2)c1. The molecule has 0 unspecified atom stereocenters. The molecule has 5 nitrogen and oxygen atoms in total. The van der Waals surface area contributed by atoms with Gasteiger partial charge < -0.3 is 21.3 Å². The van der Waals surface area contributed by atoms with E-state index in [0.29, 0.717) is 11.1 Å². The third kappa shape index (κ3) is 3.91. The summed E-state index contributed by atoms with van der Waals surface area (Å²) in [6.07, 6.45) is 1.93. The van der Waals surface area contributed by atoms with Gasteiger partial charge in [0.2, 0.25) is 5.82 Å². The normalized spacial score (nSPS) is 10.7. The first-order valence-corrected chi connectivity index (χ1v) is 9.60. The van der Waals surface area contributed by atoms with Gasteiger partial charge in [-0.1, -0.05) is 6.07 Å². The van der Waals surface area contributed by atoms with Gasteiger partial charge in [0, 0.05) is 10.5 Å². The molecule has 0 saturated carbocycles. The van der Waals surface area contributed by atoms with Crippen molar-refractivity contribution < 1.29 is 19.4 Å². The molecule has 0 bridgehead atoms. The second-order valence-corrected chi connectivity index (χ2v) is 7.08. The number of rotatable bonds is 4. The Bertz CT molecular complexity index is 1080. The summed E-state index contributed by atoms with van der Waals surface area (Å²) in [5.41, 5.74) is 6.61. The second-order valence-electron chi connectivity index (χ2n) is 6.20. The third-order valence-corrected chi connectivity index (χ3v) is 5.15. The Balaban J connectivity index is 2.00. The summed E-state index contributed by atoms with van der Waals surface area (Å²) in [5, 5.41) is 22.3. The number of nitrogens with two attached hydrogens (primary N) is 1. The lowest BCUT2D eigenvalue weighted by molar-refractivity contribution is 0.102. The molecule has 9 heteroatoms. The van der Waals surface area contributed by atoms with Crippen molar-refractivity contribution in [3.05, 3.63) is 53.8 Å². The number of anilines is 2. The van der Waals surface area contributed by atoms with Gasteiger partial charge in [-0.25, -0.2) is 0 Å². The topological polar surface area (TPSA) is 95.6 Å². The fourth-order valence-corrected chi connectivity index (χ4v) is 3.21. The monoisotopic (exact) mass is 404 g/mol. The zero-order chi connectivity index (χ0) is 21.3. The lowest BCUT2D eigenvalue weighted by Crippen LogP contribution is -2.22. The summed E-state index contributed by atoms with van der Waals surface area (Å²) in [7, 11) is 11.6. The number of nitrogens with one attached hydrogen (secondary N) is 1. The van der Waals surface area contributed by atoms with Crippen LogP contribution in [0.15, 0.2) is 47.4 Å². The lowest BCUT2D eigenvalue weighted by Gasteiger charge is -2.17. The van der Waals surface area contributed by atoms with E-state index in [1.165, 1.54) is 18.2 Å². The summed E-state index contributed by atoms with van der Waals surface area (Å²) < 4.78 is 13.8. The van der Waals surface area contributed by atoms with Crippen molar-refractivity contribution in [2.45, 2.75) is 4.90 Å². The molecular formula is C20H15B2FN2O3S. The molecule has 0 fully saturated rings. The Morgan fingerprint density at radius 1 is 1.07 bits per heavy atom. The summed E-state index contributed by atoms with van der Waals surface area (Å²) >= 11 is 1.56. The van der Waals surface area contributed by atoms with Crippen LogP contribution in [0.2, 0.25) is 0 Å². The van der Waals surface area contributed by atoms with Gasteiger partial charge in [-0.3, -0.25) is 4.79 Å². The molecule has 3 aromatic rings. The van der Waals surface area contributed by atoms with Gasteiger partial charge in [-0.2, -0.15) is 4.39 Å². The highest BCUT2D eigenvalue weighted by Gasteiger charge is 2.20. The van der Waals surface area contributed by atoms with E-state index in [2.05, 4.69) is 5.32 Å². The molecule has 0 atom stereocenters. The number of benzene rings is 3. The number of carbonyl (C=O) groups is 1. The molecule has 0 heterocycles. The van der Waals surface area contributed by atoms with Gasteiger partial charge in [0.15, 0.2) is 0 Å². The van der Waals surface area contributed by atoms with E-state index in [1.807, 2.05) is 18.4 Å². The van der Waals surface area contributed by atoms with Crippen molar-refractivity contribution in [1.82, 2.24) is 0 Å². The lowest BCUT2D eigenvalue weighted by atomic mass is 9.76. The van der Waals surface area contributed by atoms with Gasteiger partial charge in [0.05, 0.1) is 11.4 Å². The standard InChI is InChI=1S/C20H15B2FN2O3S/c1-29-11-5-2-9(3-6-11)20(28)25-13-8-10(4-7-12(13)24)14-15(21)18(26)17(23)19(27)16(14)22/h2-8,26-27H,24H2,1H3,(H,25,28). The van der Waals surface area contributed by atoms with E-state index in [-0.39, 0.29) is 33.8 Å². The highest BCUT2D eigenvalue weighted by atomic mass is 32.2. The molecular weight excluding hydrogens is 389 g/mol. The van der Waals surface area contributed by atoms with Crippen molar-refractivity contribution >= 4 is 55.7 Å². The Morgan fingerprint density at radius 2 is 1.66 bits per heavy atom. The van der Waals surface area contributed by atoms with Crippen LogP contribution in [0.1, 0.15) is 10.4 Å². The number of hydrogen-bond acceptors (Lipinski definition) is 5. The van der Waals surface area contributed by atoms with Crippen molar-refractivity contribution in [2.24, 2.45) is 0 Å². The highest BCUT2D eigenvalue weighted by molar-refractivity contribution is 7.98. The molecule has 4 radical (unpaired) electrons. The number of carbonyl (C=O) groups excluding carboxylic acids is 1. The Morgan fingerprint density at radius 3 is 2.21 bits per heavy atom. The first kappa shape index (κ1) is 20.7. The average Bonchev–Trinajstić information content (AvgIpc) is 2.73. The van der Waals surface area contributed by atoms with E-state index < -0.39 is 17.3 Å². The molecule has 1 amide bonds. The molecule has 0 saturated heterocycles. The molecule has 0 spiro atoms. The summed E-state index contributed by atoms with van der Waals surface area (Å²) in [5.74, 6) is -3.51. The van der Waals surface area contributed by atoms with Crippen molar-refractivity contribution in [3.8, 4) is 22.6 Å². The summed E-state index contributed by atoms with van der Waals surface area (Å²) in [4.78, 5) is 13.6. The fourth-order valence-electron chi connectivity index (χ4n) is 2.80. The Hall–Kier alpha value is -3.06. The maximum absolute atomic E-state index is 13.8. The predicted molar refractivity (Wildman–Crippen MR) is 117 cm³/mol. The molecule has 3 rings (SSSR count).